The lowest BCUT2D eigenvalue weighted by molar-refractivity contribution is -0.115. The van der Waals surface area contributed by atoms with E-state index in [4.69, 9.17) is 4.74 Å². The van der Waals surface area contributed by atoms with Gasteiger partial charge < -0.3 is 10.1 Å². The molecule has 18 heavy (non-hydrogen) atoms. The van der Waals surface area contributed by atoms with Gasteiger partial charge in [-0.05, 0) is 24.3 Å². The van der Waals surface area contributed by atoms with E-state index in [1.54, 1.807) is 31.4 Å². The first-order valence-corrected chi connectivity index (χ1v) is 6.33. The number of benzene rings is 1. The molecule has 0 spiro atoms. The number of nitrogens with one attached hydrogen (secondary N) is 1. The highest BCUT2D eigenvalue weighted by Gasteiger charge is 2.17. The molecule has 1 aliphatic rings. The third kappa shape index (κ3) is 3.33. The van der Waals surface area contributed by atoms with E-state index in [-0.39, 0.29) is 18.2 Å². The molecule has 1 N–H and O–H groups in total. The first-order valence-electron chi connectivity index (χ1n) is 5.34. The minimum absolute atomic E-state index is 0.141. The number of amides is 2. The van der Waals surface area contributed by atoms with Crippen LogP contribution in [-0.2, 0) is 9.59 Å². The molecule has 2 amide bonds. The molecule has 1 aromatic rings. The number of ether oxygens (including phenoxy) is 1. The fourth-order valence-electron chi connectivity index (χ4n) is 1.46. The Labute approximate surface area is 109 Å². The number of nitrogens with zero attached hydrogens (tertiary/aromatic N) is 1. The molecule has 0 unspecified atom stereocenters. The normalized spacial score (nSPS) is 14.3. The van der Waals surface area contributed by atoms with Crippen LogP contribution in [-0.4, -0.2) is 29.7 Å². The minimum Gasteiger partial charge on any atom is -0.497 e. The third-order valence-corrected chi connectivity index (χ3v) is 3.26. The molecule has 1 aromatic carbocycles. The van der Waals surface area contributed by atoms with Gasteiger partial charge in [-0.2, -0.15) is 0 Å². The van der Waals surface area contributed by atoms with E-state index in [2.05, 4.69) is 10.3 Å². The standard InChI is InChI=1S/C12H12N2O3S/c1-17-9-4-2-8(3-5-9)13-10(15)6-12-14-11(16)7-18-12/h2-5H,6-7H2,1H3,(H,13,15). The molecule has 0 fully saturated rings. The van der Waals surface area contributed by atoms with E-state index < -0.39 is 0 Å². The first-order chi connectivity index (χ1) is 8.67. The summed E-state index contributed by atoms with van der Waals surface area (Å²) in [6, 6.07) is 7.04. The van der Waals surface area contributed by atoms with E-state index in [1.807, 2.05) is 0 Å². The maximum Gasteiger partial charge on any atom is 0.256 e. The Hall–Kier alpha value is -1.82. The van der Waals surface area contributed by atoms with Gasteiger partial charge in [-0.25, -0.2) is 4.99 Å². The van der Waals surface area contributed by atoms with Crippen LogP contribution in [0.4, 0.5) is 5.69 Å². The average molecular weight is 264 g/mol. The molecule has 6 heteroatoms. The van der Waals surface area contributed by atoms with E-state index in [9.17, 15) is 9.59 Å². The average Bonchev–Trinajstić information content (AvgIpc) is 2.75. The van der Waals surface area contributed by atoms with Crippen LogP contribution in [0.15, 0.2) is 29.3 Å². The van der Waals surface area contributed by atoms with Crippen molar-refractivity contribution < 1.29 is 14.3 Å². The molecule has 0 aromatic heterocycles. The lowest BCUT2D eigenvalue weighted by Crippen LogP contribution is -2.14. The number of rotatable bonds is 4. The Bertz CT molecular complexity index is 497. The fourth-order valence-corrected chi connectivity index (χ4v) is 2.21. The van der Waals surface area contributed by atoms with E-state index in [1.165, 1.54) is 11.8 Å². The maximum atomic E-state index is 11.7. The summed E-state index contributed by atoms with van der Waals surface area (Å²) >= 11 is 1.32. The summed E-state index contributed by atoms with van der Waals surface area (Å²) in [7, 11) is 1.58. The van der Waals surface area contributed by atoms with Gasteiger partial charge in [0.1, 0.15) is 5.75 Å². The molecule has 0 saturated carbocycles. The Morgan fingerprint density at radius 3 is 2.72 bits per heavy atom. The number of carbonyl (C=O) groups excluding carboxylic acids is 2. The van der Waals surface area contributed by atoms with Crippen LogP contribution in [0.1, 0.15) is 6.42 Å². The second-order valence-electron chi connectivity index (χ2n) is 3.64. The summed E-state index contributed by atoms with van der Waals surface area (Å²) in [6.45, 7) is 0. The lowest BCUT2D eigenvalue weighted by atomic mass is 10.3. The number of anilines is 1. The lowest BCUT2D eigenvalue weighted by Gasteiger charge is -2.05. The monoisotopic (exact) mass is 264 g/mol. The van der Waals surface area contributed by atoms with Crippen molar-refractivity contribution >= 4 is 34.3 Å². The Balaban J connectivity index is 1.90. The number of thioether (sulfide) groups is 1. The van der Waals surface area contributed by atoms with Crippen LogP contribution in [0.2, 0.25) is 0 Å². The largest absolute Gasteiger partial charge is 0.497 e. The second-order valence-corrected chi connectivity index (χ2v) is 4.69. The van der Waals surface area contributed by atoms with Crippen molar-refractivity contribution in [1.29, 1.82) is 0 Å². The number of methoxy groups -OCH3 is 1. The van der Waals surface area contributed by atoms with Crippen molar-refractivity contribution in [3.05, 3.63) is 24.3 Å². The SMILES string of the molecule is COc1ccc(NC(=O)CC2=NC(=O)CS2)cc1. The van der Waals surface area contributed by atoms with Gasteiger partial charge in [0.2, 0.25) is 5.91 Å². The van der Waals surface area contributed by atoms with Gasteiger partial charge in [0.05, 0.1) is 24.3 Å². The highest BCUT2D eigenvalue weighted by Crippen LogP contribution is 2.18. The molecule has 1 heterocycles. The van der Waals surface area contributed by atoms with Crippen LogP contribution >= 0.6 is 11.8 Å². The molecular weight excluding hydrogens is 252 g/mol. The predicted molar refractivity (Wildman–Crippen MR) is 71.1 cm³/mol. The molecule has 2 rings (SSSR count). The van der Waals surface area contributed by atoms with Crippen LogP contribution in [0.5, 0.6) is 5.75 Å². The number of carbonyl (C=O) groups is 2. The molecule has 0 bridgehead atoms. The zero-order valence-corrected chi connectivity index (χ0v) is 10.6. The number of aliphatic imine (C=N–C) groups is 1. The van der Waals surface area contributed by atoms with Crippen molar-refractivity contribution in [2.45, 2.75) is 6.42 Å². The topological polar surface area (TPSA) is 67.8 Å². The van der Waals surface area contributed by atoms with E-state index >= 15 is 0 Å². The molecule has 0 radical (unpaired) electrons. The summed E-state index contributed by atoms with van der Waals surface area (Å²) in [5.74, 6) is 0.716. The van der Waals surface area contributed by atoms with Crippen molar-refractivity contribution in [3.8, 4) is 5.75 Å². The molecular formula is C12H12N2O3S. The minimum atomic E-state index is -0.180. The van der Waals surface area contributed by atoms with Gasteiger partial charge in [-0.3, -0.25) is 9.59 Å². The van der Waals surface area contributed by atoms with E-state index in [0.29, 0.717) is 16.5 Å². The Morgan fingerprint density at radius 2 is 2.17 bits per heavy atom. The van der Waals surface area contributed by atoms with Gasteiger partial charge in [0.15, 0.2) is 0 Å². The summed E-state index contributed by atoms with van der Waals surface area (Å²) in [6.07, 6.45) is 0.141. The van der Waals surface area contributed by atoms with Crippen LogP contribution < -0.4 is 10.1 Å². The van der Waals surface area contributed by atoms with E-state index in [0.717, 1.165) is 5.75 Å². The smallest absolute Gasteiger partial charge is 0.256 e. The first kappa shape index (κ1) is 12.6. The fraction of sp³-hybridized carbons (Fsp3) is 0.250. The number of hydrogen-bond donors (Lipinski definition) is 1. The highest BCUT2D eigenvalue weighted by atomic mass is 32.2. The van der Waals surface area contributed by atoms with Gasteiger partial charge in [0.25, 0.3) is 5.91 Å². The summed E-state index contributed by atoms with van der Waals surface area (Å²) in [5.41, 5.74) is 0.690. The molecule has 1 aliphatic heterocycles. The molecule has 0 saturated heterocycles. The Morgan fingerprint density at radius 1 is 1.44 bits per heavy atom. The maximum absolute atomic E-state index is 11.7. The van der Waals surface area contributed by atoms with Gasteiger partial charge in [-0.1, -0.05) is 0 Å². The quantitative estimate of drug-likeness (QED) is 0.898. The van der Waals surface area contributed by atoms with Crippen LogP contribution in [0.3, 0.4) is 0 Å². The van der Waals surface area contributed by atoms with Crippen LogP contribution in [0, 0.1) is 0 Å². The second kappa shape index (κ2) is 5.68. The molecule has 0 aliphatic carbocycles. The Kier molecular flexibility index (Phi) is 3.99. The zero-order chi connectivity index (χ0) is 13.0. The summed E-state index contributed by atoms with van der Waals surface area (Å²) in [5, 5.41) is 3.31. The molecule has 0 atom stereocenters. The predicted octanol–water partition coefficient (Wildman–Crippen LogP) is 1.70. The van der Waals surface area contributed by atoms with Gasteiger partial charge in [-0.15, -0.1) is 11.8 Å². The summed E-state index contributed by atoms with van der Waals surface area (Å²) in [4.78, 5) is 26.3. The van der Waals surface area contributed by atoms with Gasteiger partial charge >= 0.3 is 0 Å². The van der Waals surface area contributed by atoms with Crippen LogP contribution in [0.25, 0.3) is 0 Å². The van der Waals surface area contributed by atoms with Crippen molar-refractivity contribution in [2.75, 3.05) is 18.2 Å². The van der Waals surface area contributed by atoms with Crippen molar-refractivity contribution in [3.63, 3.8) is 0 Å². The van der Waals surface area contributed by atoms with Crippen molar-refractivity contribution in [2.24, 2.45) is 4.99 Å². The number of hydrogen-bond acceptors (Lipinski definition) is 4. The molecule has 94 valence electrons. The summed E-state index contributed by atoms with van der Waals surface area (Å²) < 4.78 is 5.02. The zero-order valence-electron chi connectivity index (χ0n) is 9.80. The highest BCUT2D eigenvalue weighted by molar-refractivity contribution is 8.15. The van der Waals surface area contributed by atoms with Gasteiger partial charge in [0, 0.05) is 5.69 Å². The van der Waals surface area contributed by atoms with Crippen molar-refractivity contribution in [1.82, 2.24) is 0 Å². The molecule has 5 nitrogen and oxygen atoms in total. The third-order valence-electron chi connectivity index (χ3n) is 2.30.